The Hall–Kier alpha value is -3.36. The summed E-state index contributed by atoms with van der Waals surface area (Å²) in [5, 5.41) is 28.7. The molecule has 0 radical (unpaired) electrons. The molecule has 2 aromatic rings. The van der Waals surface area contributed by atoms with Gasteiger partial charge in [0.2, 0.25) is 0 Å². The number of esters is 1. The van der Waals surface area contributed by atoms with E-state index in [4.69, 9.17) is 9.84 Å². The van der Waals surface area contributed by atoms with Crippen molar-refractivity contribution in [1.82, 2.24) is 0 Å². The first-order valence-corrected chi connectivity index (χ1v) is 10.8. The van der Waals surface area contributed by atoms with E-state index in [0.717, 1.165) is 5.56 Å². The van der Waals surface area contributed by atoms with Crippen LogP contribution in [0.5, 0.6) is 0 Å². The topological polar surface area (TPSA) is 138 Å². The average Bonchev–Trinajstić information content (AvgIpc) is 2.75. The molecule has 0 bridgehead atoms. The van der Waals surface area contributed by atoms with E-state index in [1.807, 2.05) is 0 Å². The smallest absolute Gasteiger partial charge is 0.306 e. The Labute approximate surface area is 198 Å². The number of aliphatic carboxylic acids is 1. The molecule has 0 amide bonds. The van der Waals surface area contributed by atoms with E-state index in [0.29, 0.717) is 16.7 Å². The van der Waals surface area contributed by atoms with Gasteiger partial charge in [-0.1, -0.05) is 48.5 Å². The summed E-state index contributed by atoms with van der Waals surface area (Å²) >= 11 is 0. The Kier molecular flexibility index (Phi) is 8.47. The lowest BCUT2D eigenvalue weighted by molar-refractivity contribution is -0.152. The summed E-state index contributed by atoms with van der Waals surface area (Å²) in [6.07, 6.45) is -1.20. The second kappa shape index (κ2) is 10.7. The molecule has 8 heteroatoms. The lowest BCUT2D eigenvalue weighted by Gasteiger charge is -2.20. The van der Waals surface area contributed by atoms with Gasteiger partial charge in [-0.15, -0.1) is 0 Å². The van der Waals surface area contributed by atoms with Crippen LogP contribution in [-0.2, 0) is 20.7 Å². The molecular weight excluding hydrogens is 440 g/mol. The second-order valence-corrected chi connectivity index (χ2v) is 9.17. The Morgan fingerprint density at radius 2 is 1.21 bits per heavy atom. The van der Waals surface area contributed by atoms with E-state index in [-0.39, 0.29) is 19.3 Å². The lowest BCUT2D eigenvalue weighted by Crippen LogP contribution is -2.31. The van der Waals surface area contributed by atoms with Crippen molar-refractivity contribution in [2.24, 2.45) is 0 Å². The molecule has 0 aliphatic carbocycles. The molecule has 0 fully saturated rings. The van der Waals surface area contributed by atoms with Crippen LogP contribution in [-0.4, -0.2) is 50.0 Å². The van der Waals surface area contributed by atoms with E-state index in [9.17, 15) is 29.4 Å². The van der Waals surface area contributed by atoms with Gasteiger partial charge in [-0.05, 0) is 38.8 Å². The van der Waals surface area contributed by atoms with Crippen molar-refractivity contribution in [3.8, 4) is 0 Å². The number of ketones is 2. The predicted octanol–water partition coefficient (Wildman–Crippen LogP) is 3.29. The van der Waals surface area contributed by atoms with Gasteiger partial charge in [-0.2, -0.15) is 0 Å². The molecule has 0 spiro atoms. The lowest BCUT2D eigenvalue weighted by atomic mass is 9.93. The van der Waals surface area contributed by atoms with Gasteiger partial charge in [0, 0.05) is 17.5 Å². The molecule has 0 aromatic heterocycles. The van der Waals surface area contributed by atoms with Gasteiger partial charge in [0.05, 0.1) is 12.8 Å². The van der Waals surface area contributed by atoms with Gasteiger partial charge < -0.3 is 20.1 Å². The highest BCUT2D eigenvalue weighted by Gasteiger charge is 2.27. The van der Waals surface area contributed by atoms with Crippen molar-refractivity contribution < 1.29 is 39.2 Å². The fraction of sp³-hybridized carbons (Fsp3) is 0.385. The number of carbonyl (C=O) groups is 4. The zero-order chi connectivity index (χ0) is 25.7. The fourth-order valence-electron chi connectivity index (χ4n) is 3.22. The van der Waals surface area contributed by atoms with Crippen LogP contribution in [0.4, 0.5) is 0 Å². The minimum absolute atomic E-state index is 0.231. The molecule has 0 aliphatic rings. The summed E-state index contributed by atoms with van der Waals surface area (Å²) < 4.78 is 5.55. The van der Waals surface area contributed by atoms with Crippen molar-refractivity contribution in [2.75, 3.05) is 0 Å². The Bertz CT molecular complexity index is 1040. The van der Waals surface area contributed by atoms with Gasteiger partial charge in [0.15, 0.2) is 11.6 Å². The van der Waals surface area contributed by atoms with Crippen LogP contribution in [0.25, 0.3) is 0 Å². The SMILES string of the molecule is CC(C)(O)C(=O)c1ccc(CC(OC(=O)CCC(=O)O)c2ccc(C(=O)C(C)(C)O)cc2)cc1. The third-order valence-electron chi connectivity index (χ3n) is 5.11. The largest absolute Gasteiger partial charge is 0.481 e. The van der Waals surface area contributed by atoms with Crippen LogP contribution >= 0.6 is 0 Å². The maximum Gasteiger partial charge on any atom is 0.306 e. The first kappa shape index (κ1) is 26.9. The highest BCUT2D eigenvalue weighted by Crippen LogP contribution is 2.26. The van der Waals surface area contributed by atoms with Crippen molar-refractivity contribution in [3.63, 3.8) is 0 Å². The van der Waals surface area contributed by atoms with Crippen LogP contribution < -0.4 is 0 Å². The Morgan fingerprint density at radius 1 is 0.765 bits per heavy atom. The molecule has 1 unspecified atom stereocenters. The molecule has 3 N–H and O–H groups in total. The van der Waals surface area contributed by atoms with Gasteiger partial charge in [-0.3, -0.25) is 19.2 Å². The quantitative estimate of drug-likeness (QED) is 0.336. The summed E-state index contributed by atoms with van der Waals surface area (Å²) in [6.45, 7) is 5.59. The van der Waals surface area contributed by atoms with Gasteiger partial charge in [0.1, 0.15) is 17.3 Å². The number of rotatable bonds is 11. The van der Waals surface area contributed by atoms with Crippen molar-refractivity contribution in [3.05, 3.63) is 70.8 Å². The zero-order valence-electron chi connectivity index (χ0n) is 19.7. The molecule has 182 valence electrons. The minimum atomic E-state index is -1.54. The molecule has 2 rings (SSSR count). The zero-order valence-corrected chi connectivity index (χ0v) is 19.7. The number of hydrogen-bond donors (Lipinski definition) is 3. The maximum atomic E-state index is 12.3. The van der Waals surface area contributed by atoms with E-state index in [1.165, 1.54) is 39.8 Å². The standard InChI is InChI=1S/C26H30O8/c1-25(2,32)23(30)18-7-5-16(6-8-18)15-20(34-22(29)14-13-21(27)28)17-9-11-19(12-10-17)24(31)26(3,4)33/h5-12,20,32-33H,13-15H2,1-4H3,(H,27,28). The summed E-state index contributed by atoms with van der Waals surface area (Å²) in [6, 6.07) is 12.8. The Morgan fingerprint density at radius 3 is 1.62 bits per heavy atom. The molecule has 0 aliphatic heterocycles. The summed E-state index contributed by atoms with van der Waals surface area (Å²) in [4.78, 5) is 47.5. The maximum absolute atomic E-state index is 12.3. The number of hydrogen-bond acceptors (Lipinski definition) is 7. The van der Waals surface area contributed by atoms with Crippen LogP contribution in [0, 0.1) is 0 Å². The third kappa shape index (κ3) is 7.60. The van der Waals surface area contributed by atoms with E-state index >= 15 is 0 Å². The molecule has 0 saturated heterocycles. The molecular formula is C26H30O8. The monoisotopic (exact) mass is 470 g/mol. The summed E-state index contributed by atoms with van der Waals surface area (Å²) in [7, 11) is 0. The first-order valence-electron chi connectivity index (χ1n) is 10.8. The highest BCUT2D eigenvalue weighted by atomic mass is 16.5. The number of carboxylic acid groups (broad SMARTS) is 1. The first-order chi connectivity index (χ1) is 15.7. The van der Waals surface area contributed by atoms with Crippen molar-refractivity contribution >= 4 is 23.5 Å². The normalized spacial score (nSPS) is 12.6. The van der Waals surface area contributed by atoms with Crippen LogP contribution in [0.2, 0.25) is 0 Å². The molecule has 1 atom stereocenters. The molecule has 8 nitrogen and oxygen atoms in total. The second-order valence-electron chi connectivity index (χ2n) is 9.17. The number of benzene rings is 2. The number of Topliss-reactive ketones (excluding diaryl/α,β-unsaturated/α-hetero) is 2. The van der Waals surface area contributed by atoms with Crippen molar-refractivity contribution in [1.29, 1.82) is 0 Å². The van der Waals surface area contributed by atoms with Crippen LogP contribution in [0.15, 0.2) is 48.5 Å². The Balaban J connectivity index is 2.28. The molecule has 0 saturated carbocycles. The van der Waals surface area contributed by atoms with Crippen molar-refractivity contribution in [2.45, 2.75) is 64.3 Å². The number of carbonyl (C=O) groups excluding carboxylic acids is 3. The number of aliphatic hydroxyl groups is 2. The molecule has 0 heterocycles. The van der Waals surface area contributed by atoms with Gasteiger partial charge in [-0.25, -0.2) is 0 Å². The predicted molar refractivity (Wildman–Crippen MR) is 124 cm³/mol. The van der Waals surface area contributed by atoms with Gasteiger partial charge in [0.25, 0.3) is 0 Å². The average molecular weight is 471 g/mol. The summed E-state index contributed by atoms with van der Waals surface area (Å²) in [5.74, 6) is -2.68. The minimum Gasteiger partial charge on any atom is -0.481 e. The third-order valence-corrected chi connectivity index (χ3v) is 5.11. The number of ether oxygens (including phenoxy) is 1. The van der Waals surface area contributed by atoms with E-state index < -0.39 is 40.8 Å². The fourth-order valence-corrected chi connectivity index (χ4v) is 3.22. The van der Waals surface area contributed by atoms with Crippen LogP contribution in [0.3, 0.4) is 0 Å². The van der Waals surface area contributed by atoms with Gasteiger partial charge >= 0.3 is 11.9 Å². The molecule has 34 heavy (non-hydrogen) atoms. The summed E-state index contributed by atoms with van der Waals surface area (Å²) in [5.41, 5.74) is -1.10. The van der Waals surface area contributed by atoms with E-state index in [2.05, 4.69) is 0 Å². The molecule has 2 aromatic carbocycles. The number of carboxylic acids is 1. The van der Waals surface area contributed by atoms with Crippen LogP contribution in [0.1, 0.15) is 78.5 Å². The highest BCUT2D eigenvalue weighted by molar-refractivity contribution is 6.02. The van der Waals surface area contributed by atoms with E-state index in [1.54, 1.807) is 36.4 Å².